The quantitative estimate of drug-likeness (QED) is 0.334. The minimum absolute atomic E-state index is 0.0699. The molecule has 1 N–H and O–H groups in total. The van der Waals surface area contributed by atoms with Crippen LogP contribution in [0.3, 0.4) is 0 Å². The Labute approximate surface area is 207 Å². The molecule has 2 aromatic carbocycles. The van der Waals surface area contributed by atoms with Gasteiger partial charge in [0.15, 0.2) is 12.4 Å². The number of nitriles is 1. The van der Waals surface area contributed by atoms with Crippen molar-refractivity contribution in [2.24, 2.45) is 0 Å². The molecule has 1 amide bonds. The van der Waals surface area contributed by atoms with E-state index in [9.17, 15) is 24.0 Å². The highest BCUT2D eigenvalue weighted by molar-refractivity contribution is 6.30. The number of hydrogen-bond acceptors (Lipinski definition) is 5. The molecule has 1 aromatic heterocycles. The van der Waals surface area contributed by atoms with Gasteiger partial charge in [0.05, 0.1) is 12.0 Å². The van der Waals surface area contributed by atoms with Gasteiger partial charge >= 0.3 is 5.97 Å². The van der Waals surface area contributed by atoms with E-state index in [1.54, 1.807) is 47.9 Å². The smallest absolute Gasteiger partial charge is 0.306 e. The summed E-state index contributed by atoms with van der Waals surface area (Å²) in [6.45, 7) is 3.31. The van der Waals surface area contributed by atoms with E-state index in [1.807, 2.05) is 6.92 Å². The van der Waals surface area contributed by atoms with Gasteiger partial charge in [-0.1, -0.05) is 23.7 Å². The monoisotopic (exact) mass is 495 g/mol. The van der Waals surface area contributed by atoms with Crippen molar-refractivity contribution in [3.8, 4) is 6.07 Å². The number of anilines is 1. The number of halogens is 2. The van der Waals surface area contributed by atoms with Crippen LogP contribution in [0.4, 0.5) is 10.2 Å². The predicted octanol–water partition coefficient (Wildman–Crippen LogP) is 4.96. The van der Waals surface area contributed by atoms with Crippen molar-refractivity contribution in [3.05, 3.63) is 87.3 Å². The number of carbonyl (C=O) groups is 3. The molecule has 0 spiro atoms. The van der Waals surface area contributed by atoms with Crippen LogP contribution in [-0.4, -0.2) is 28.8 Å². The van der Waals surface area contributed by atoms with Gasteiger partial charge in [0.25, 0.3) is 5.91 Å². The van der Waals surface area contributed by atoms with E-state index in [1.165, 1.54) is 12.1 Å². The van der Waals surface area contributed by atoms with Gasteiger partial charge in [0.1, 0.15) is 17.7 Å². The van der Waals surface area contributed by atoms with Crippen LogP contribution < -0.4 is 5.32 Å². The number of nitrogens with one attached hydrogen (secondary N) is 1. The van der Waals surface area contributed by atoms with E-state index in [0.29, 0.717) is 22.7 Å². The van der Waals surface area contributed by atoms with Crippen LogP contribution in [0.1, 0.15) is 45.6 Å². The van der Waals surface area contributed by atoms with Gasteiger partial charge in [0.2, 0.25) is 0 Å². The molecular formula is C26H23ClFN3O4. The first-order valence-electron chi connectivity index (χ1n) is 10.8. The number of ketones is 1. The Bertz CT molecular complexity index is 1290. The van der Waals surface area contributed by atoms with Crippen LogP contribution in [-0.2, 0) is 20.9 Å². The molecule has 0 radical (unpaired) electrons. The van der Waals surface area contributed by atoms with Crippen LogP contribution in [0.15, 0.2) is 48.5 Å². The minimum atomic E-state index is -0.697. The van der Waals surface area contributed by atoms with Crippen LogP contribution in [0, 0.1) is 31.0 Å². The zero-order valence-corrected chi connectivity index (χ0v) is 20.0. The maximum Gasteiger partial charge on any atom is 0.306 e. The molecule has 3 aromatic rings. The molecule has 0 saturated heterocycles. The van der Waals surface area contributed by atoms with E-state index in [4.69, 9.17) is 16.3 Å². The van der Waals surface area contributed by atoms with Crippen molar-refractivity contribution in [1.29, 1.82) is 5.26 Å². The van der Waals surface area contributed by atoms with Crippen molar-refractivity contribution < 1.29 is 23.5 Å². The van der Waals surface area contributed by atoms with Crippen molar-refractivity contribution in [1.82, 2.24) is 4.57 Å². The van der Waals surface area contributed by atoms with Gasteiger partial charge < -0.3 is 14.6 Å². The summed E-state index contributed by atoms with van der Waals surface area (Å²) in [5, 5.41) is 12.8. The number of ether oxygens (including phenoxy) is 1. The molecule has 0 aliphatic carbocycles. The molecule has 0 saturated carbocycles. The SMILES string of the molecule is Cc1c(C#N)c(NC(=O)COC(=O)CCC(=O)c2ccc(Cl)cc2)n(Cc2ccc(F)cc2)c1C. The molecule has 0 fully saturated rings. The van der Waals surface area contributed by atoms with E-state index < -0.39 is 18.5 Å². The number of carbonyl (C=O) groups excluding carboxylic acids is 3. The molecule has 180 valence electrons. The summed E-state index contributed by atoms with van der Waals surface area (Å²) in [4.78, 5) is 36.7. The van der Waals surface area contributed by atoms with Gasteiger partial charge in [-0.05, 0) is 61.4 Å². The van der Waals surface area contributed by atoms with Crippen LogP contribution in [0.5, 0.6) is 0 Å². The Morgan fingerprint density at radius 1 is 1.06 bits per heavy atom. The lowest BCUT2D eigenvalue weighted by molar-refractivity contribution is -0.147. The lowest BCUT2D eigenvalue weighted by atomic mass is 10.1. The lowest BCUT2D eigenvalue weighted by Crippen LogP contribution is -2.23. The number of rotatable bonds is 9. The van der Waals surface area contributed by atoms with Gasteiger partial charge in [-0.25, -0.2) is 4.39 Å². The first-order chi connectivity index (χ1) is 16.7. The van der Waals surface area contributed by atoms with Crippen molar-refractivity contribution in [3.63, 3.8) is 0 Å². The molecule has 3 rings (SSSR count). The van der Waals surface area contributed by atoms with Gasteiger partial charge in [0, 0.05) is 29.2 Å². The van der Waals surface area contributed by atoms with E-state index in [-0.39, 0.29) is 35.8 Å². The topological polar surface area (TPSA) is 101 Å². The predicted molar refractivity (Wildman–Crippen MR) is 129 cm³/mol. The molecule has 0 bridgehead atoms. The summed E-state index contributed by atoms with van der Waals surface area (Å²) in [5.41, 5.74) is 2.96. The summed E-state index contributed by atoms with van der Waals surface area (Å²) in [7, 11) is 0. The maximum absolute atomic E-state index is 13.3. The third kappa shape index (κ3) is 6.55. The van der Waals surface area contributed by atoms with Gasteiger partial charge in [-0.15, -0.1) is 0 Å². The summed E-state index contributed by atoms with van der Waals surface area (Å²) in [6, 6.07) is 14.3. The van der Waals surface area contributed by atoms with E-state index in [2.05, 4.69) is 11.4 Å². The number of Topliss-reactive ketones (excluding diaryl/α,β-unsaturated/α-hetero) is 1. The third-order valence-electron chi connectivity index (χ3n) is 5.54. The largest absolute Gasteiger partial charge is 0.456 e. The molecule has 9 heteroatoms. The fourth-order valence-electron chi connectivity index (χ4n) is 3.48. The second-order valence-corrected chi connectivity index (χ2v) is 8.33. The maximum atomic E-state index is 13.3. The van der Waals surface area contributed by atoms with E-state index >= 15 is 0 Å². The second-order valence-electron chi connectivity index (χ2n) is 7.90. The zero-order valence-electron chi connectivity index (χ0n) is 19.2. The number of benzene rings is 2. The fraction of sp³-hybridized carbons (Fsp3) is 0.231. The summed E-state index contributed by atoms with van der Waals surface area (Å²) >= 11 is 5.80. The minimum Gasteiger partial charge on any atom is -0.456 e. The van der Waals surface area contributed by atoms with Gasteiger partial charge in [-0.2, -0.15) is 5.26 Å². The number of nitrogens with zero attached hydrogens (tertiary/aromatic N) is 2. The summed E-state index contributed by atoms with van der Waals surface area (Å²) < 4.78 is 20.0. The Morgan fingerprint density at radius 2 is 1.71 bits per heavy atom. The first-order valence-corrected chi connectivity index (χ1v) is 11.2. The Hall–Kier alpha value is -3.96. The Balaban J connectivity index is 1.60. The van der Waals surface area contributed by atoms with Crippen molar-refractivity contribution in [2.45, 2.75) is 33.2 Å². The molecule has 7 nitrogen and oxygen atoms in total. The normalized spacial score (nSPS) is 10.5. The summed E-state index contributed by atoms with van der Waals surface area (Å²) in [5.74, 6) is -1.66. The first kappa shape index (κ1) is 25.7. The fourth-order valence-corrected chi connectivity index (χ4v) is 3.61. The van der Waals surface area contributed by atoms with Crippen molar-refractivity contribution in [2.75, 3.05) is 11.9 Å². The highest BCUT2D eigenvalue weighted by Crippen LogP contribution is 2.27. The zero-order chi connectivity index (χ0) is 25.5. The second kappa shape index (κ2) is 11.4. The number of esters is 1. The highest BCUT2D eigenvalue weighted by Gasteiger charge is 2.20. The van der Waals surface area contributed by atoms with Crippen LogP contribution >= 0.6 is 11.6 Å². The third-order valence-corrected chi connectivity index (χ3v) is 5.79. The highest BCUT2D eigenvalue weighted by atomic mass is 35.5. The standard InChI is InChI=1S/C26H23ClFN3O4/c1-16-17(2)31(14-18-3-9-21(28)10-4-18)26(22(16)13-29)30-24(33)15-35-25(34)12-11-23(32)19-5-7-20(27)8-6-19/h3-10H,11-12,14-15H2,1-2H3,(H,30,33). The number of amides is 1. The molecule has 0 aliphatic rings. The lowest BCUT2D eigenvalue weighted by Gasteiger charge is -2.13. The molecular weight excluding hydrogens is 473 g/mol. The molecule has 0 aliphatic heterocycles. The van der Waals surface area contributed by atoms with Crippen LogP contribution in [0.25, 0.3) is 0 Å². The van der Waals surface area contributed by atoms with Crippen molar-refractivity contribution >= 4 is 35.1 Å². The van der Waals surface area contributed by atoms with E-state index in [0.717, 1.165) is 11.3 Å². The Kier molecular flexibility index (Phi) is 8.39. The molecule has 1 heterocycles. The molecule has 0 atom stereocenters. The molecule has 0 unspecified atom stereocenters. The number of hydrogen-bond donors (Lipinski definition) is 1. The number of aromatic nitrogens is 1. The average molecular weight is 496 g/mol. The van der Waals surface area contributed by atoms with Crippen LogP contribution in [0.2, 0.25) is 5.02 Å². The Morgan fingerprint density at radius 3 is 2.34 bits per heavy atom. The average Bonchev–Trinajstić information content (AvgIpc) is 3.06. The van der Waals surface area contributed by atoms with Gasteiger partial charge in [-0.3, -0.25) is 14.4 Å². The molecule has 35 heavy (non-hydrogen) atoms. The summed E-state index contributed by atoms with van der Waals surface area (Å²) in [6.07, 6.45) is -0.253.